The molecule has 1 aliphatic rings. The number of carbonyl (C=O) groups is 1. The molecule has 4 nitrogen and oxygen atoms in total. The molecule has 0 unspecified atom stereocenters. The number of halogens is 2. The van der Waals surface area contributed by atoms with Crippen LogP contribution in [0.3, 0.4) is 0 Å². The molecule has 1 aromatic carbocycles. The molecule has 6 heteroatoms. The topological polar surface area (TPSA) is 45.2 Å². The van der Waals surface area contributed by atoms with Crippen molar-refractivity contribution in [1.29, 1.82) is 0 Å². The summed E-state index contributed by atoms with van der Waals surface area (Å²) in [7, 11) is 0. The monoisotopic (exact) mass is 347 g/mol. The van der Waals surface area contributed by atoms with E-state index in [1.807, 2.05) is 4.90 Å². The predicted molar refractivity (Wildman–Crippen MR) is 93.3 cm³/mol. The van der Waals surface area contributed by atoms with Crippen LogP contribution in [0.25, 0.3) is 0 Å². The third-order valence-electron chi connectivity index (χ3n) is 4.09. The number of nitrogens with one attached hydrogen (secondary N) is 1. The van der Waals surface area contributed by atoms with E-state index in [0.29, 0.717) is 16.9 Å². The van der Waals surface area contributed by atoms with Crippen LogP contribution in [0.5, 0.6) is 0 Å². The Kier molecular flexibility index (Phi) is 5.30. The minimum atomic E-state index is -0.467. The quantitative estimate of drug-likeness (QED) is 0.880. The van der Waals surface area contributed by atoms with Gasteiger partial charge in [-0.1, -0.05) is 24.4 Å². The SMILES string of the molecule is O=C(c1cncc(Nc2ccc(F)c(Cl)c2)c1)N1CCCCCC1. The number of likely N-dealkylation sites (tertiary alicyclic amines) is 1. The number of anilines is 2. The van der Waals surface area contributed by atoms with E-state index in [2.05, 4.69) is 10.3 Å². The summed E-state index contributed by atoms with van der Waals surface area (Å²) >= 11 is 5.79. The summed E-state index contributed by atoms with van der Waals surface area (Å²) in [5.41, 5.74) is 1.86. The van der Waals surface area contributed by atoms with Crippen molar-refractivity contribution in [3.8, 4) is 0 Å². The number of pyridine rings is 1. The zero-order valence-corrected chi connectivity index (χ0v) is 14.0. The lowest BCUT2D eigenvalue weighted by molar-refractivity contribution is 0.0761. The lowest BCUT2D eigenvalue weighted by atomic mass is 10.2. The summed E-state index contributed by atoms with van der Waals surface area (Å²) in [4.78, 5) is 18.7. The lowest BCUT2D eigenvalue weighted by Crippen LogP contribution is -2.31. The minimum Gasteiger partial charge on any atom is -0.354 e. The van der Waals surface area contributed by atoms with Gasteiger partial charge in [0.05, 0.1) is 22.5 Å². The number of carbonyl (C=O) groups excluding carboxylic acids is 1. The van der Waals surface area contributed by atoms with Crippen LogP contribution in [-0.2, 0) is 0 Å². The van der Waals surface area contributed by atoms with Gasteiger partial charge in [0.25, 0.3) is 5.91 Å². The smallest absolute Gasteiger partial charge is 0.255 e. The van der Waals surface area contributed by atoms with Gasteiger partial charge in [-0.25, -0.2) is 4.39 Å². The Bertz CT molecular complexity index is 730. The summed E-state index contributed by atoms with van der Waals surface area (Å²) in [5, 5.41) is 3.14. The molecule has 1 N–H and O–H groups in total. The molecule has 0 radical (unpaired) electrons. The molecule has 126 valence electrons. The number of hydrogen-bond acceptors (Lipinski definition) is 3. The summed E-state index contributed by atoms with van der Waals surface area (Å²) in [6, 6.07) is 6.15. The molecule has 1 aromatic heterocycles. The van der Waals surface area contributed by atoms with E-state index in [4.69, 9.17) is 11.6 Å². The molecule has 0 bridgehead atoms. The van der Waals surface area contributed by atoms with Crippen molar-refractivity contribution in [2.45, 2.75) is 25.7 Å². The average molecular weight is 348 g/mol. The highest BCUT2D eigenvalue weighted by Gasteiger charge is 2.17. The Hall–Kier alpha value is -2.14. The number of amides is 1. The van der Waals surface area contributed by atoms with E-state index >= 15 is 0 Å². The maximum absolute atomic E-state index is 13.2. The van der Waals surface area contributed by atoms with Crippen molar-refractivity contribution in [3.63, 3.8) is 0 Å². The highest BCUT2D eigenvalue weighted by Crippen LogP contribution is 2.23. The molecular formula is C18H19ClFN3O. The van der Waals surface area contributed by atoms with Gasteiger partial charge >= 0.3 is 0 Å². The van der Waals surface area contributed by atoms with Gasteiger partial charge in [0.2, 0.25) is 0 Å². The predicted octanol–water partition coefficient (Wildman–Crippen LogP) is 4.63. The second-order valence-electron chi connectivity index (χ2n) is 5.92. The van der Waals surface area contributed by atoms with Crippen molar-refractivity contribution in [3.05, 3.63) is 53.1 Å². The summed E-state index contributed by atoms with van der Waals surface area (Å²) in [6.45, 7) is 1.59. The third kappa shape index (κ3) is 4.03. The van der Waals surface area contributed by atoms with E-state index in [-0.39, 0.29) is 10.9 Å². The van der Waals surface area contributed by atoms with Crippen molar-refractivity contribution < 1.29 is 9.18 Å². The van der Waals surface area contributed by atoms with Crippen LogP contribution in [0.15, 0.2) is 36.7 Å². The maximum atomic E-state index is 13.2. The second kappa shape index (κ2) is 7.62. The fraction of sp³-hybridized carbons (Fsp3) is 0.333. The third-order valence-corrected chi connectivity index (χ3v) is 4.38. The Labute approximate surface area is 145 Å². The Balaban J connectivity index is 1.75. The van der Waals surface area contributed by atoms with E-state index < -0.39 is 5.82 Å². The molecule has 24 heavy (non-hydrogen) atoms. The van der Waals surface area contributed by atoms with Crippen LogP contribution in [0.4, 0.5) is 15.8 Å². The molecule has 1 saturated heterocycles. The highest BCUT2D eigenvalue weighted by molar-refractivity contribution is 6.31. The van der Waals surface area contributed by atoms with Gasteiger partial charge in [-0.05, 0) is 37.1 Å². The molecule has 1 amide bonds. The first kappa shape index (κ1) is 16.7. The molecular weight excluding hydrogens is 329 g/mol. The van der Waals surface area contributed by atoms with E-state index in [9.17, 15) is 9.18 Å². The molecule has 2 heterocycles. The van der Waals surface area contributed by atoms with Crippen LogP contribution >= 0.6 is 11.6 Å². The summed E-state index contributed by atoms with van der Waals surface area (Å²) in [6.07, 6.45) is 7.65. The molecule has 1 aliphatic heterocycles. The van der Waals surface area contributed by atoms with Crippen molar-refractivity contribution >= 4 is 28.9 Å². The van der Waals surface area contributed by atoms with Gasteiger partial charge in [0, 0.05) is 25.0 Å². The van der Waals surface area contributed by atoms with Crippen molar-refractivity contribution in [1.82, 2.24) is 9.88 Å². The Morgan fingerprint density at radius 1 is 1.08 bits per heavy atom. The first-order valence-electron chi connectivity index (χ1n) is 8.10. The van der Waals surface area contributed by atoms with Gasteiger partial charge in [0.15, 0.2) is 0 Å². The standard InChI is InChI=1S/C18H19ClFN3O/c19-16-10-14(5-6-17(16)20)22-15-9-13(11-21-12-15)18(24)23-7-3-1-2-4-8-23/h5-6,9-12,22H,1-4,7-8H2. The normalized spacial score (nSPS) is 15.0. The number of nitrogens with zero attached hydrogens (tertiary/aromatic N) is 2. The van der Waals surface area contributed by atoms with Crippen LogP contribution < -0.4 is 5.32 Å². The largest absolute Gasteiger partial charge is 0.354 e. The van der Waals surface area contributed by atoms with Crippen LogP contribution in [-0.4, -0.2) is 28.9 Å². The average Bonchev–Trinajstić information content (AvgIpc) is 2.87. The van der Waals surface area contributed by atoms with Gasteiger partial charge in [-0.15, -0.1) is 0 Å². The highest BCUT2D eigenvalue weighted by atomic mass is 35.5. The zero-order valence-electron chi connectivity index (χ0n) is 13.3. The zero-order chi connectivity index (χ0) is 16.9. The molecule has 0 spiro atoms. The van der Waals surface area contributed by atoms with Crippen LogP contribution in [0.2, 0.25) is 5.02 Å². The lowest BCUT2D eigenvalue weighted by Gasteiger charge is -2.20. The molecule has 0 aliphatic carbocycles. The molecule has 0 saturated carbocycles. The molecule has 2 aromatic rings. The van der Waals surface area contributed by atoms with Crippen LogP contribution in [0, 0.1) is 5.82 Å². The Morgan fingerprint density at radius 3 is 2.54 bits per heavy atom. The van der Waals surface area contributed by atoms with Gasteiger partial charge in [0.1, 0.15) is 5.82 Å². The number of hydrogen-bond donors (Lipinski definition) is 1. The number of rotatable bonds is 3. The fourth-order valence-corrected chi connectivity index (χ4v) is 3.00. The molecule has 0 atom stereocenters. The first-order valence-corrected chi connectivity index (χ1v) is 8.48. The van der Waals surface area contributed by atoms with E-state index in [0.717, 1.165) is 25.9 Å². The first-order chi connectivity index (χ1) is 11.6. The van der Waals surface area contributed by atoms with Gasteiger partial charge < -0.3 is 10.2 Å². The van der Waals surface area contributed by atoms with Gasteiger partial charge in [-0.3, -0.25) is 9.78 Å². The van der Waals surface area contributed by atoms with Crippen LogP contribution in [0.1, 0.15) is 36.0 Å². The van der Waals surface area contributed by atoms with Gasteiger partial charge in [-0.2, -0.15) is 0 Å². The van der Waals surface area contributed by atoms with Crippen molar-refractivity contribution in [2.75, 3.05) is 18.4 Å². The fourth-order valence-electron chi connectivity index (χ4n) is 2.82. The molecule has 3 rings (SSSR count). The van der Waals surface area contributed by atoms with E-state index in [1.54, 1.807) is 24.5 Å². The minimum absolute atomic E-state index is 0.00480. The summed E-state index contributed by atoms with van der Waals surface area (Å²) in [5.74, 6) is -0.462. The van der Waals surface area contributed by atoms with E-state index in [1.165, 1.54) is 25.0 Å². The second-order valence-corrected chi connectivity index (χ2v) is 6.33. The Morgan fingerprint density at radius 2 is 1.83 bits per heavy atom. The molecule has 1 fully saturated rings. The summed E-state index contributed by atoms with van der Waals surface area (Å²) < 4.78 is 13.2. The number of benzene rings is 1. The maximum Gasteiger partial charge on any atom is 0.255 e. The number of aromatic nitrogens is 1. The van der Waals surface area contributed by atoms with Crippen molar-refractivity contribution in [2.24, 2.45) is 0 Å².